The van der Waals surface area contributed by atoms with Crippen molar-refractivity contribution in [3.63, 3.8) is 0 Å². The Morgan fingerprint density at radius 2 is 1.13 bits per heavy atom. The van der Waals surface area contributed by atoms with Crippen molar-refractivity contribution < 1.29 is 0 Å². The van der Waals surface area contributed by atoms with E-state index in [9.17, 15) is 0 Å². The molecule has 7 aromatic carbocycles. The fourth-order valence-electron chi connectivity index (χ4n) is 8.58. The van der Waals surface area contributed by atoms with E-state index in [1.54, 1.807) is 6.26 Å². The molecule has 10 rings (SSSR count). The summed E-state index contributed by atoms with van der Waals surface area (Å²) in [6.07, 6.45) is 3.93. The second-order valence-electron chi connectivity index (χ2n) is 14.4. The Balaban J connectivity index is 0.00000189. The molecule has 2 aliphatic rings. The minimum absolute atomic E-state index is 0.00970. The van der Waals surface area contributed by atoms with Crippen molar-refractivity contribution in [1.29, 1.82) is 0 Å². The molecule has 3 nitrogen and oxygen atoms in total. The number of nitrogens with one attached hydrogen (secondary N) is 1. The Hall–Kier alpha value is -6.10. The summed E-state index contributed by atoms with van der Waals surface area (Å²) in [6, 6.07) is 61.3. The number of rotatable bonds is 5. The summed E-state index contributed by atoms with van der Waals surface area (Å²) in [7, 11) is 0. The molecule has 1 aromatic heterocycles. The Bertz CT molecular complexity index is 2720. The Morgan fingerprint density at radius 3 is 1.85 bits per heavy atom. The van der Waals surface area contributed by atoms with Gasteiger partial charge in [-0.25, -0.2) is 4.99 Å². The van der Waals surface area contributed by atoms with Gasteiger partial charge in [0.15, 0.2) is 0 Å². The minimum atomic E-state index is -0.104. The fraction of sp³-hybridized carbons (Fsp3) is 0.100. The molecule has 1 unspecified atom stereocenters. The van der Waals surface area contributed by atoms with Crippen molar-refractivity contribution in [3.05, 3.63) is 204 Å². The van der Waals surface area contributed by atoms with Crippen molar-refractivity contribution in [2.75, 3.05) is 6.26 Å². The highest BCUT2D eigenvalue weighted by molar-refractivity contribution is 7.79. The van der Waals surface area contributed by atoms with Crippen LogP contribution in [0.1, 0.15) is 47.7 Å². The van der Waals surface area contributed by atoms with Gasteiger partial charge in [0.1, 0.15) is 5.84 Å². The van der Waals surface area contributed by atoms with Crippen molar-refractivity contribution in [2.45, 2.75) is 25.3 Å². The van der Waals surface area contributed by atoms with E-state index >= 15 is 0 Å². The van der Waals surface area contributed by atoms with Gasteiger partial charge in [0.25, 0.3) is 0 Å². The second kappa shape index (κ2) is 13.7. The van der Waals surface area contributed by atoms with Crippen molar-refractivity contribution in [2.24, 2.45) is 4.99 Å². The molecule has 0 spiro atoms. The lowest BCUT2D eigenvalue weighted by molar-refractivity contribution is 0.662. The third-order valence-electron chi connectivity index (χ3n) is 11.0. The predicted octanol–water partition coefficient (Wildman–Crippen LogP) is 12.4. The van der Waals surface area contributed by atoms with E-state index in [1.807, 2.05) is 0 Å². The zero-order valence-corrected chi connectivity index (χ0v) is 31.6. The van der Waals surface area contributed by atoms with E-state index in [0.29, 0.717) is 0 Å². The second-order valence-corrected chi connectivity index (χ2v) is 14.4. The lowest BCUT2D eigenvalue weighted by atomic mass is 9.79. The number of thiol groups is 1. The molecule has 0 fully saturated rings. The average Bonchev–Trinajstić information content (AvgIpc) is 3.70. The standard InChI is InChI=1S/C49H37N3.CH4S/c1-49(2)42-24-13-12-21-38(42)39-23-14-22-37(47(39)49)34-25-27-45-40(29-34)41-30-35(26-28-46(41)52(45)36-19-10-5-11-20-36)48-50-43(32-15-6-3-7-16-32)31-44(51-48)33-17-8-4-9-18-33;1-2/h3-31,43H,1-2H3,(H,50,51);2H,1H3. The number of nitrogens with zero attached hydrogens (tertiary/aromatic N) is 2. The van der Waals surface area contributed by atoms with Gasteiger partial charge < -0.3 is 9.88 Å². The summed E-state index contributed by atoms with van der Waals surface area (Å²) in [6.45, 7) is 4.73. The molecule has 8 aromatic rings. The van der Waals surface area contributed by atoms with Crippen LogP contribution in [0.25, 0.3) is 55.4 Å². The van der Waals surface area contributed by atoms with E-state index in [1.165, 1.54) is 60.8 Å². The van der Waals surface area contributed by atoms with Gasteiger partial charge in [-0.3, -0.25) is 0 Å². The molecule has 4 heteroatoms. The third-order valence-corrected chi connectivity index (χ3v) is 11.0. The first-order valence-electron chi connectivity index (χ1n) is 18.5. The maximum atomic E-state index is 5.25. The molecule has 0 bridgehead atoms. The summed E-state index contributed by atoms with van der Waals surface area (Å²) in [5.74, 6) is 0.870. The third kappa shape index (κ3) is 5.57. The van der Waals surface area contributed by atoms with Gasteiger partial charge in [-0.15, -0.1) is 0 Å². The van der Waals surface area contributed by atoms with Crippen LogP contribution < -0.4 is 5.32 Å². The lowest BCUT2D eigenvalue weighted by Gasteiger charge is -2.24. The Morgan fingerprint density at radius 1 is 0.556 bits per heavy atom. The molecule has 1 aliphatic carbocycles. The number of aliphatic imine (C=N–C) groups is 1. The molecule has 1 aliphatic heterocycles. The lowest BCUT2D eigenvalue weighted by Crippen LogP contribution is -2.31. The summed E-state index contributed by atoms with van der Waals surface area (Å²) in [5, 5.41) is 6.21. The molecule has 0 saturated carbocycles. The van der Waals surface area contributed by atoms with Gasteiger partial charge in [0, 0.05) is 27.4 Å². The van der Waals surface area contributed by atoms with E-state index in [4.69, 9.17) is 4.99 Å². The minimum Gasteiger partial charge on any atom is -0.359 e. The van der Waals surface area contributed by atoms with Crippen LogP contribution in [-0.2, 0) is 5.41 Å². The number of hydrogen-bond acceptors (Lipinski definition) is 3. The number of amidine groups is 1. The van der Waals surface area contributed by atoms with Crippen LogP contribution in [0.4, 0.5) is 0 Å². The van der Waals surface area contributed by atoms with Crippen molar-refractivity contribution in [3.8, 4) is 27.9 Å². The highest BCUT2D eigenvalue weighted by Gasteiger charge is 2.37. The average molecular weight is 716 g/mol. The highest BCUT2D eigenvalue weighted by atomic mass is 32.1. The number of para-hydroxylation sites is 1. The van der Waals surface area contributed by atoms with Crippen molar-refractivity contribution in [1.82, 2.24) is 9.88 Å². The quantitative estimate of drug-likeness (QED) is 0.171. The van der Waals surface area contributed by atoms with Crippen LogP contribution in [0.3, 0.4) is 0 Å². The maximum Gasteiger partial charge on any atom is 0.134 e. The molecule has 0 radical (unpaired) electrons. The summed E-state index contributed by atoms with van der Waals surface area (Å²) in [5.41, 5.74) is 15.7. The first-order valence-corrected chi connectivity index (χ1v) is 19.4. The number of benzene rings is 7. The van der Waals surface area contributed by atoms with Crippen molar-refractivity contribution >= 4 is 46.0 Å². The zero-order valence-electron chi connectivity index (χ0n) is 30.7. The Labute approximate surface area is 322 Å². The number of aromatic nitrogens is 1. The van der Waals surface area contributed by atoms with E-state index in [0.717, 1.165) is 28.3 Å². The van der Waals surface area contributed by atoms with Crippen LogP contribution in [0.5, 0.6) is 0 Å². The van der Waals surface area contributed by atoms with Gasteiger partial charge >= 0.3 is 0 Å². The molecule has 54 heavy (non-hydrogen) atoms. The highest BCUT2D eigenvalue weighted by Crippen LogP contribution is 2.52. The maximum absolute atomic E-state index is 5.25. The van der Waals surface area contributed by atoms with Crippen LogP contribution in [0, 0.1) is 0 Å². The zero-order chi connectivity index (χ0) is 36.8. The Kier molecular flexibility index (Phi) is 8.56. The van der Waals surface area contributed by atoms with Gasteiger partial charge in [-0.1, -0.05) is 141 Å². The topological polar surface area (TPSA) is 29.3 Å². The molecular formula is C50H41N3S. The normalized spacial score (nSPS) is 15.4. The summed E-state index contributed by atoms with van der Waals surface area (Å²) < 4.78 is 2.39. The van der Waals surface area contributed by atoms with Crippen LogP contribution >= 0.6 is 12.6 Å². The van der Waals surface area contributed by atoms with Crippen LogP contribution in [0.15, 0.2) is 181 Å². The van der Waals surface area contributed by atoms with Gasteiger partial charge in [0.2, 0.25) is 0 Å². The monoisotopic (exact) mass is 715 g/mol. The predicted molar refractivity (Wildman–Crippen MR) is 232 cm³/mol. The van der Waals surface area contributed by atoms with Gasteiger partial charge in [-0.2, -0.15) is 12.6 Å². The molecule has 0 amide bonds. The largest absolute Gasteiger partial charge is 0.359 e. The number of hydrogen-bond donors (Lipinski definition) is 2. The van der Waals surface area contributed by atoms with Crippen LogP contribution in [0.2, 0.25) is 0 Å². The van der Waals surface area contributed by atoms with E-state index < -0.39 is 0 Å². The molecule has 1 N–H and O–H groups in total. The number of fused-ring (bicyclic) bond motifs is 6. The van der Waals surface area contributed by atoms with E-state index in [-0.39, 0.29) is 11.5 Å². The molecule has 1 atom stereocenters. The first kappa shape index (κ1) is 33.7. The first-order chi connectivity index (χ1) is 26.5. The summed E-state index contributed by atoms with van der Waals surface area (Å²) >= 11 is 3.53. The summed E-state index contributed by atoms with van der Waals surface area (Å²) in [4.78, 5) is 5.25. The van der Waals surface area contributed by atoms with Crippen LogP contribution in [-0.4, -0.2) is 16.7 Å². The molecule has 262 valence electrons. The van der Waals surface area contributed by atoms with Gasteiger partial charge in [0.05, 0.1) is 22.8 Å². The smallest absolute Gasteiger partial charge is 0.134 e. The SMILES string of the molecule is CC1(C)c2ccccc2-c2cccc(-c3ccc4c(c3)c3cc(C5=NC(c6ccccc6)=CC(c6ccccc6)N5)ccc3n4-c3ccccc3)c21.CS. The fourth-order valence-corrected chi connectivity index (χ4v) is 8.58. The molecule has 2 heterocycles. The van der Waals surface area contributed by atoms with E-state index in [2.05, 4.69) is 212 Å². The van der Waals surface area contributed by atoms with Gasteiger partial charge in [-0.05, 0) is 99.3 Å². The molecular weight excluding hydrogens is 675 g/mol. The molecule has 0 saturated heterocycles.